The lowest BCUT2D eigenvalue weighted by Gasteiger charge is -2.18. The number of carbonyl (C=O) groups is 1. The van der Waals surface area contributed by atoms with Crippen molar-refractivity contribution in [3.63, 3.8) is 0 Å². The van der Waals surface area contributed by atoms with Crippen molar-refractivity contribution in [2.24, 2.45) is 17.6 Å². The molecule has 3 unspecified atom stereocenters. The zero-order chi connectivity index (χ0) is 13.7. The molecule has 0 spiro atoms. The first kappa shape index (κ1) is 14.4. The van der Waals surface area contributed by atoms with E-state index in [-0.39, 0.29) is 24.4 Å². The number of amides is 1. The smallest absolute Gasteiger partial charge is 0.257 e. The summed E-state index contributed by atoms with van der Waals surface area (Å²) < 4.78 is 5.47. The Morgan fingerprint density at radius 1 is 1.24 bits per heavy atom. The van der Waals surface area contributed by atoms with Crippen LogP contribution in [0.25, 0.3) is 11.0 Å². The number of hydrogen-bond acceptors (Lipinski definition) is 3. The van der Waals surface area contributed by atoms with Gasteiger partial charge in [0.05, 0.1) is 5.56 Å². The van der Waals surface area contributed by atoms with Crippen LogP contribution in [-0.2, 0) is 0 Å². The summed E-state index contributed by atoms with van der Waals surface area (Å²) in [6, 6.07) is 7.94. The molecule has 1 saturated heterocycles. The van der Waals surface area contributed by atoms with Crippen LogP contribution in [-0.4, -0.2) is 29.9 Å². The molecule has 2 aromatic rings. The number of nitrogens with two attached hydrogens (primary N) is 1. The minimum absolute atomic E-state index is 0. The number of halogens is 1. The Labute approximate surface area is 129 Å². The Morgan fingerprint density at radius 2 is 2.05 bits per heavy atom. The first-order valence-electron chi connectivity index (χ1n) is 7.25. The van der Waals surface area contributed by atoms with Crippen LogP contribution in [0.1, 0.15) is 23.2 Å². The van der Waals surface area contributed by atoms with E-state index in [9.17, 15) is 4.79 Å². The molecule has 21 heavy (non-hydrogen) atoms. The minimum Gasteiger partial charge on any atom is -0.463 e. The molecule has 0 bridgehead atoms. The molecule has 112 valence electrons. The van der Waals surface area contributed by atoms with E-state index in [1.54, 1.807) is 6.26 Å². The molecule has 4 rings (SSSR count). The highest BCUT2D eigenvalue weighted by atomic mass is 35.5. The average molecular weight is 307 g/mol. The van der Waals surface area contributed by atoms with Crippen LogP contribution in [0, 0.1) is 11.8 Å². The lowest BCUT2D eigenvalue weighted by Crippen LogP contribution is -2.33. The molecule has 2 fully saturated rings. The molecule has 3 atom stereocenters. The van der Waals surface area contributed by atoms with E-state index in [1.165, 1.54) is 0 Å². The maximum absolute atomic E-state index is 12.7. The number of fused-ring (bicyclic) bond motifs is 2. The highest BCUT2D eigenvalue weighted by Crippen LogP contribution is 2.38. The number of para-hydroxylation sites is 1. The van der Waals surface area contributed by atoms with Gasteiger partial charge in [0.15, 0.2) is 0 Å². The summed E-state index contributed by atoms with van der Waals surface area (Å²) in [5, 5.41) is 0.902. The van der Waals surface area contributed by atoms with Gasteiger partial charge >= 0.3 is 0 Å². The van der Waals surface area contributed by atoms with Crippen LogP contribution >= 0.6 is 12.4 Å². The predicted octanol–water partition coefficient (Wildman–Crippen LogP) is 2.66. The topological polar surface area (TPSA) is 59.5 Å². The van der Waals surface area contributed by atoms with Crippen molar-refractivity contribution in [3.8, 4) is 0 Å². The Morgan fingerprint density at radius 3 is 2.86 bits per heavy atom. The molecule has 2 heterocycles. The molecule has 4 nitrogen and oxygen atoms in total. The van der Waals surface area contributed by atoms with Crippen molar-refractivity contribution < 1.29 is 9.21 Å². The Bertz CT molecular complexity index is 669. The quantitative estimate of drug-likeness (QED) is 0.881. The van der Waals surface area contributed by atoms with E-state index in [1.807, 2.05) is 29.2 Å². The number of benzene rings is 1. The summed E-state index contributed by atoms with van der Waals surface area (Å²) >= 11 is 0. The molecule has 0 radical (unpaired) electrons. The van der Waals surface area contributed by atoms with Crippen LogP contribution in [0.3, 0.4) is 0 Å². The second-order valence-electron chi connectivity index (χ2n) is 6.02. The average Bonchev–Trinajstić information content (AvgIpc) is 3.14. The summed E-state index contributed by atoms with van der Waals surface area (Å²) in [6.07, 6.45) is 3.84. The van der Waals surface area contributed by atoms with Crippen molar-refractivity contribution in [2.45, 2.75) is 18.9 Å². The van der Waals surface area contributed by atoms with Gasteiger partial charge in [-0.2, -0.15) is 0 Å². The van der Waals surface area contributed by atoms with Gasteiger partial charge in [0.2, 0.25) is 0 Å². The van der Waals surface area contributed by atoms with Gasteiger partial charge in [0, 0.05) is 24.5 Å². The van der Waals surface area contributed by atoms with Gasteiger partial charge < -0.3 is 15.1 Å². The van der Waals surface area contributed by atoms with Gasteiger partial charge in [0.1, 0.15) is 11.8 Å². The normalized spacial score (nSPS) is 27.7. The maximum atomic E-state index is 12.7. The summed E-state index contributed by atoms with van der Waals surface area (Å²) in [5.74, 6) is 1.15. The summed E-state index contributed by atoms with van der Waals surface area (Å²) in [5.41, 5.74) is 7.58. The second-order valence-corrected chi connectivity index (χ2v) is 6.02. The number of likely N-dealkylation sites (tertiary alicyclic amines) is 1. The van der Waals surface area contributed by atoms with E-state index in [4.69, 9.17) is 10.2 Å². The molecule has 1 aromatic carbocycles. The number of rotatable bonds is 1. The lowest BCUT2D eigenvalue weighted by atomic mass is 9.98. The molecule has 1 aliphatic carbocycles. The molecule has 1 saturated carbocycles. The van der Waals surface area contributed by atoms with E-state index >= 15 is 0 Å². The number of furan rings is 1. The SMILES string of the molecule is Cl.NC1CCC2CN(C(=O)c3coc4ccccc34)CC12. The Balaban J connectivity index is 0.00000132. The zero-order valence-corrected chi connectivity index (χ0v) is 12.5. The second kappa shape index (κ2) is 5.35. The monoisotopic (exact) mass is 306 g/mol. The molecule has 2 aliphatic rings. The van der Waals surface area contributed by atoms with Crippen molar-refractivity contribution in [1.29, 1.82) is 0 Å². The summed E-state index contributed by atoms with van der Waals surface area (Å²) in [6.45, 7) is 1.64. The first-order chi connectivity index (χ1) is 9.74. The van der Waals surface area contributed by atoms with Crippen LogP contribution in [0.2, 0.25) is 0 Å². The van der Waals surface area contributed by atoms with E-state index in [2.05, 4.69) is 0 Å². The van der Waals surface area contributed by atoms with Gasteiger partial charge in [-0.25, -0.2) is 0 Å². The molecule has 1 aliphatic heterocycles. The fourth-order valence-corrected chi connectivity index (χ4v) is 3.79. The largest absolute Gasteiger partial charge is 0.463 e. The highest BCUT2D eigenvalue weighted by molar-refractivity contribution is 6.06. The summed E-state index contributed by atoms with van der Waals surface area (Å²) in [7, 11) is 0. The van der Waals surface area contributed by atoms with Crippen LogP contribution in [0.15, 0.2) is 34.9 Å². The minimum atomic E-state index is 0. The van der Waals surface area contributed by atoms with Crippen LogP contribution in [0.4, 0.5) is 0 Å². The highest BCUT2D eigenvalue weighted by Gasteiger charge is 2.42. The molecular formula is C16H19ClN2O2. The van der Waals surface area contributed by atoms with Gasteiger partial charge in [-0.1, -0.05) is 18.2 Å². The standard InChI is InChI=1S/C16H18N2O2.ClH/c17-14-6-5-10-7-18(8-12(10)14)16(19)13-9-20-15-4-2-1-3-11(13)15;/h1-4,9-10,12,14H,5-8,17H2;1H. The Kier molecular flexibility index (Phi) is 3.68. The first-order valence-corrected chi connectivity index (χ1v) is 7.25. The van der Waals surface area contributed by atoms with Crippen molar-refractivity contribution in [3.05, 3.63) is 36.1 Å². The number of nitrogens with zero attached hydrogens (tertiary/aromatic N) is 1. The predicted molar refractivity (Wildman–Crippen MR) is 83.6 cm³/mol. The third-order valence-corrected chi connectivity index (χ3v) is 4.91. The van der Waals surface area contributed by atoms with Crippen molar-refractivity contribution in [2.75, 3.05) is 13.1 Å². The summed E-state index contributed by atoms with van der Waals surface area (Å²) in [4.78, 5) is 14.6. The Hall–Kier alpha value is -1.52. The third kappa shape index (κ3) is 2.23. The molecular weight excluding hydrogens is 288 g/mol. The molecule has 1 aromatic heterocycles. The van der Waals surface area contributed by atoms with E-state index in [0.717, 1.165) is 36.9 Å². The van der Waals surface area contributed by atoms with Crippen LogP contribution < -0.4 is 5.73 Å². The van der Waals surface area contributed by atoms with Crippen LogP contribution in [0.5, 0.6) is 0 Å². The van der Waals surface area contributed by atoms with Gasteiger partial charge in [-0.05, 0) is 30.7 Å². The maximum Gasteiger partial charge on any atom is 0.257 e. The number of hydrogen-bond donors (Lipinski definition) is 1. The number of carbonyl (C=O) groups excluding carboxylic acids is 1. The molecule has 5 heteroatoms. The van der Waals surface area contributed by atoms with Gasteiger partial charge in [-0.15, -0.1) is 12.4 Å². The zero-order valence-electron chi connectivity index (χ0n) is 11.7. The molecule has 2 N–H and O–H groups in total. The van der Waals surface area contributed by atoms with Crippen molar-refractivity contribution >= 4 is 29.3 Å². The van der Waals surface area contributed by atoms with Gasteiger partial charge in [0.25, 0.3) is 5.91 Å². The van der Waals surface area contributed by atoms with E-state index in [0.29, 0.717) is 17.4 Å². The lowest BCUT2D eigenvalue weighted by molar-refractivity contribution is 0.0780. The van der Waals surface area contributed by atoms with Gasteiger partial charge in [-0.3, -0.25) is 4.79 Å². The van der Waals surface area contributed by atoms with Crippen molar-refractivity contribution in [1.82, 2.24) is 4.90 Å². The third-order valence-electron chi connectivity index (χ3n) is 4.91. The van der Waals surface area contributed by atoms with E-state index < -0.39 is 0 Å². The fraction of sp³-hybridized carbons (Fsp3) is 0.438. The fourth-order valence-electron chi connectivity index (χ4n) is 3.79. The molecule has 1 amide bonds.